The Morgan fingerprint density at radius 2 is 2.18 bits per heavy atom. The largest absolute Gasteiger partial charge is 0.494 e. The molecule has 0 bridgehead atoms. The molecule has 4 nitrogen and oxygen atoms in total. The van der Waals surface area contributed by atoms with Crippen LogP contribution in [-0.4, -0.2) is 18.7 Å². The second-order valence-electron chi connectivity index (χ2n) is 6.57. The standard InChI is InChI=1S/C18H24N2O2/c1-3-22-14-9-7-13(8-10-14)12-19-20-17(21)16-15-6-4-5-11-18(15,16)2/h7-10,12,15-16H,3-6,11H2,1-2H3,(H,20,21)/b19-12-/t15-,16-,18+/m0/s1. The molecule has 0 aromatic heterocycles. The number of carbonyl (C=O) groups is 1. The highest BCUT2D eigenvalue weighted by Crippen LogP contribution is 2.66. The van der Waals surface area contributed by atoms with Gasteiger partial charge in [-0.3, -0.25) is 4.79 Å². The van der Waals surface area contributed by atoms with Crippen LogP contribution < -0.4 is 10.2 Å². The topological polar surface area (TPSA) is 50.7 Å². The summed E-state index contributed by atoms with van der Waals surface area (Å²) in [6.07, 6.45) is 6.57. The fourth-order valence-electron chi connectivity index (χ4n) is 3.91. The number of hydrogen-bond acceptors (Lipinski definition) is 3. The summed E-state index contributed by atoms with van der Waals surface area (Å²) in [6.45, 7) is 4.86. The van der Waals surface area contributed by atoms with E-state index in [1.54, 1.807) is 6.21 Å². The van der Waals surface area contributed by atoms with Crippen molar-refractivity contribution in [3.63, 3.8) is 0 Å². The predicted molar refractivity (Wildman–Crippen MR) is 86.9 cm³/mol. The van der Waals surface area contributed by atoms with Gasteiger partial charge in [-0.2, -0.15) is 5.10 Å². The van der Waals surface area contributed by atoms with E-state index < -0.39 is 0 Å². The van der Waals surface area contributed by atoms with E-state index in [0.29, 0.717) is 12.5 Å². The zero-order valence-electron chi connectivity index (χ0n) is 13.3. The van der Waals surface area contributed by atoms with Crippen LogP contribution in [0.2, 0.25) is 0 Å². The summed E-state index contributed by atoms with van der Waals surface area (Å²) >= 11 is 0. The lowest BCUT2D eigenvalue weighted by molar-refractivity contribution is -0.123. The molecular formula is C18H24N2O2. The van der Waals surface area contributed by atoms with E-state index in [0.717, 1.165) is 11.3 Å². The fraction of sp³-hybridized carbons (Fsp3) is 0.556. The minimum Gasteiger partial charge on any atom is -0.494 e. The number of nitrogens with one attached hydrogen (secondary N) is 1. The highest BCUT2D eigenvalue weighted by atomic mass is 16.5. The van der Waals surface area contributed by atoms with Gasteiger partial charge in [0.15, 0.2) is 0 Å². The lowest BCUT2D eigenvalue weighted by Crippen LogP contribution is -2.22. The van der Waals surface area contributed by atoms with E-state index in [2.05, 4.69) is 17.5 Å². The van der Waals surface area contributed by atoms with Gasteiger partial charge in [0.25, 0.3) is 0 Å². The third-order valence-electron chi connectivity index (χ3n) is 5.19. The molecule has 0 radical (unpaired) electrons. The third-order valence-corrected chi connectivity index (χ3v) is 5.19. The van der Waals surface area contributed by atoms with Crippen LogP contribution in [0.25, 0.3) is 0 Å². The van der Waals surface area contributed by atoms with Crippen LogP contribution in [0.5, 0.6) is 5.75 Å². The minimum atomic E-state index is 0.0802. The molecule has 2 aliphatic rings. The first-order chi connectivity index (χ1) is 10.6. The van der Waals surface area contributed by atoms with Crippen LogP contribution >= 0.6 is 0 Å². The first kappa shape index (κ1) is 15.1. The zero-order valence-corrected chi connectivity index (χ0v) is 13.3. The first-order valence-corrected chi connectivity index (χ1v) is 8.21. The number of carbonyl (C=O) groups excluding carboxylic acids is 1. The van der Waals surface area contributed by atoms with Gasteiger partial charge >= 0.3 is 0 Å². The normalized spacial score (nSPS) is 29.9. The molecule has 0 spiro atoms. The quantitative estimate of drug-likeness (QED) is 0.669. The molecule has 2 saturated carbocycles. The summed E-state index contributed by atoms with van der Waals surface area (Å²) < 4.78 is 5.39. The Morgan fingerprint density at radius 1 is 1.41 bits per heavy atom. The number of ether oxygens (including phenoxy) is 1. The van der Waals surface area contributed by atoms with E-state index in [-0.39, 0.29) is 17.2 Å². The lowest BCUT2D eigenvalue weighted by Gasteiger charge is -2.15. The molecule has 1 amide bonds. The van der Waals surface area contributed by atoms with E-state index in [9.17, 15) is 4.79 Å². The lowest BCUT2D eigenvalue weighted by atomic mass is 9.90. The molecular weight excluding hydrogens is 276 g/mol. The van der Waals surface area contributed by atoms with Crippen molar-refractivity contribution < 1.29 is 9.53 Å². The van der Waals surface area contributed by atoms with Gasteiger partial charge in [-0.1, -0.05) is 19.8 Å². The van der Waals surface area contributed by atoms with Crippen LogP contribution in [-0.2, 0) is 4.79 Å². The molecule has 1 N–H and O–H groups in total. The maximum Gasteiger partial charge on any atom is 0.244 e. The van der Waals surface area contributed by atoms with E-state index in [4.69, 9.17) is 4.74 Å². The second kappa shape index (κ2) is 6.11. The van der Waals surface area contributed by atoms with Gasteiger partial charge in [-0.05, 0) is 60.9 Å². The molecule has 118 valence electrons. The molecule has 0 saturated heterocycles. The van der Waals surface area contributed by atoms with Crippen LogP contribution in [0.3, 0.4) is 0 Å². The van der Waals surface area contributed by atoms with E-state index >= 15 is 0 Å². The summed E-state index contributed by atoms with van der Waals surface area (Å²) in [5.41, 5.74) is 3.89. The van der Waals surface area contributed by atoms with Crippen LogP contribution in [0, 0.1) is 17.3 Å². The van der Waals surface area contributed by atoms with Crippen LogP contribution in [0.15, 0.2) is 29.4 Å². The summed E-state index contributed by atoms with van der Waals surface area (Å²) in [5, 5.41) is 4.10. The van der Waals surface area contributed by atoms with Gasteiger partial charge in [0, 0.05) is 5.92 Å². The highest BCUT2D eigenvalue weighted by Gasteiger charge is 2.64. The number of fused-ring (bicyclic) bond motifs is 1. The van der Waals surface area contributed by atoms with Gasteiger partial charge in [-0.15, -0.1) is 0 Å². The maximum atomic E-state index is 12.3. The Labute approximate surface area is 131 Å². The monoisotopic (exact) mass is 300 g/mol. The molecule has 1 aromatic rings. The molecule has 0 aliphatic heterocycles. The van der Waals surface area contributed by atoms with Crippen LogP contribution in [0.1, 0.15) is 45.1 Å². The van der Waals surface area contributed by atoms with Crippen molar-refractivity contribution in [2.75, 3.05) is 6.61 Å². The van der Waals surface area contributed by atoms with Crippen molar-refractivity contribution in [1.82, 2.24) is 5.43 Å². The minimum absolute atomic E-state index is 0.0802. The molecule has 1 aromatic carbocycles. The number of benzene rings is 1. The summed E-state index contributed by atoms with van der Waals surface area (Å²) in [4.78, 5) is 12.3. The van der Waals surface area contributed by atoms with Gasteiger partial charge in [0.05, 0.1) is 12.8 Å². The smallest absolute Gasteiger partial charge is 0.244 e. The Balaban J connectivity index is 1.53. The Kier molecular flexibility index (Phi) is 4.19. The molecule has 2 fully saturated rings. The van der Waals surface area contributed by atoms with Crippen molar-refractivity contribution in [3.8, 4) is 5.75 Å². The third kappa shape index (κ3) is 2.87. The average Bonchev–Trinajstić information content (AvgIpc) is 3.15. The Morgan fingerprint density at radius 3 is 2.82 bits per heavy atom. The Hall–Kier alpha value is -1.84. The molecule has 0 unspecified atom stereocenters. The molecule has 3 rings (SSSR count). The van der Waals surface area contributed by atoms with Crippen LogP contribution in [0.4, 0.5) is 0 Å². The fourth-order valence-corrected chi connectivity index (χ4v) is 3.91. The van der Waals surface area contributed by atoms with E-state index in [1.807, 2.05) is 31.2 Å². The van der Waals surface area contributed by atoms with Crippen molar-refractivity contribution in [3.05, 3.63) is 29.8 Å². The van der Waals surface area contributed by atoms with Gasteiger partial charge in [0.1, 0.15) is 5.75 Å². The number of nitrogens with zero attached hydrogens (tertiary/aromatic N) is 1. The van der Waals surface area contributed by atoms with Gasteiger partial charge < -0.3 is 4.74 Å². The summed E-state index contributed by atoms with van der Waals surface area (Å²) in [7, 11) is 0. The first-order valence-electron chi connectivity index (χ1n) is 8.21. The zero-order chi connectivity index (χ0) is 15.6. The maximum absolute atomic E-state index is 12.3. The summed E-state index contributed by atoms with van der Waals surface area (Å²) in [5.74, 6) is 1.66. The van der Waals surface area contributed by atoms with Crippen molar-refractivity contribution in [2.24, 2.45) is 22.4 Å². The molecule has 4 heteroatoms. The molecule has 3 atom stereocenters. The highest BCUT2D eigenvalue weighted by molar-refractivity contribution is 5.85. The predicted octanol–water partition coefficient (Wildman–Crippen LogP) is 3.36. The SMILES string of the molecule is CCOc1ccc(/C=N\NC(=O)[C@@H]2[C@@H]3CCCC[C@@]23C)cc1. The Bertz CT molecular complexity index is 567. The van der Waals surface area contributed by atoms with Crippen molar-refractivity contribution in [2.45, 2.75) is 39.5 Å². The van der Waals surface area contributed by atoms with Gasteiger partial charge in [-0.25, -0.2) is 5.43 Å². The number of rotatable bonds is 5. The summed E-state index contributed by atoms with van der Waals surface area (Å²) in [6, 6.07) is 7.67. The van der Waals surface area contributed by atoms with Gasteiger partial charge in [0.2, 0.25) is 5.91 Å². The molecule has 0 heterocycles. The average molecular weight is 300 g/mol. The number of hydrogen-bond donors (Lipinski definition) is 1. The molecule has 2 aliphatic carbocycles. The van der Waals surface area contributed by atoms with Crippen molar-refractivity contribution >= 4 is 12.1 Å². The van der Waals surface area contributed by atoms with E-state index in [1.165, 1.54) is 25.7 Å². The second-order valence-corrected chi connectivity index (χ2v) is 6.57. The molecule has 22 heavy (non-hydrogen) atoms. The van der Waals surface area contributed by atoms with Crippen molar-refractivity contribution in [1.29, 1.82) is 0 Å². The number of hydrazone groups is 1. The number of amides is 1.